The monoisotopic (exact) mass is 304 g/mol. The van der Waals surface area contributed by atoms with Gasteiger partial charge in [-0.15, -0.1) is 0 Å². The van der Waals surface area contributed by atoms with E-state index < -0.39 is 0 Å². The van der Waals surface area contributed by atoms with Gasteiger partial charge in [0, 0.05) is 18.1 Å². The Bertz CT molecular complexity index is 508. The van der Waals surface area contributed by atoms with Crippen LogP contribution in [0.4, 0.5) is 0 Å². The van der Waals surface area contributed by atoms with E-state index in [1.807, 2.05) is 24.3 Å². The third-order valence-electron chi connectivity index (χ3n) is 4.49. The lowest BCUT2D eigenvalue weighted by molar-refractivity contribution is -0.122. The summed E-state index contributed by atoms with van der Waals surface area (Å²) in [6.07, 6.45) is 4.96. The van der Waals surface area contributed by atoms with Crippen molar-refractivity contribution < 1.29 is 14.3 Å². The molecule has 0 radical (unpaired) electrons. The molecule has 1 amide bonds. The summed E-state index contributed by atoms with van der Waals surface area (Å²) in [6.45, 7) is 0.365. The molecule has 2 heterocycles. The van der Waals surface area contributed by atoms with Crippen molar-refractivity contribution in [1.82, 2.24) is 10.6 Å². The summed E-state index contributed by atoms with van der Waals surface area (Å²) in [6, 6.07) is 8.98. The van der Waals surface area contributed by atoms with Crippen molar-refractivity contribution in [1.29, 1.82) is 0 Å². The molecule has 0 aromatic heterocycles. The quantitative estimate of drug-likeness (QED) is 0.842. The van der Waals surface area contributed by atoms with E-state index in [0.29, 0.717) is 42.7 Å². The first-order valence-corrected chi connectivity index (χ1v) is 8.06. The molecule has 120 valence electrons. The molecule has 2 saturated heterocycles. The number of para-hydroxylation sites is 2. The highest BCUT2D eigenvalue weighted by Gasteiger charge is 2.33. The largest absolute Gasteiger partial charge is 0.493 e. The summed E-state index contributed by atoms with van der Waals surface area (Å²) in [5.41, 5.74) is 0. The van der Waals surface area contributed by atoms with Crippen LogP contribution in [0.5, 0.6) is 11.5 Å². The topological polar surface area (TPSA) is 59.6 Å². The third-order valence-corrected chi connectivity index (χ3v) is 4.49. The molecule has 1 aromatic rings. The number of nitrogens with one attached hydrogen (secondary N) is 2. The minimum Gasteiger partial charge on any atom is -0.493 e. The molecule has 2 N–H and O–H groups in total. The number of rotatable bonds is 6. The number of fused-ring (bicyclic) bond motifs is 2. The molecule has 0 saturated carbocycles. The molecule has 0 aliphatic carbocycles. The summed E-state index contributed by atoms with van der Waals surface area (Å²) < 4.78 is 10.9. The Labute approximate surface area is 131 Å². The minimum absolute atomic E-state index is 0.0706. The zero-order chi connectivity index (χ0) is 15.4. The highest BCUT2D eigenvalue weighted by molar-refractivity contribution is 5.76. The second-order valence-corrected chi connectivity index (χ2v) is 6.12. The highest BCUT2D eigenvalue weighted by Crippen LogP contribution is 2.27. The zero-order valence-electron chi connectivity index (χ0n) is 13.0. The molecule has 5 heteroatoms. The van der Waals surface area contributed by atoms with Crippen molar-refractivity contribution in [2.75, 3.05) is 13.7 Å². The van der Waals surface area contributed by atoms with Gasteiger partial charge >= 0.3 is 0 Å². The lowest BCUT2D eigenvalue weighted by Gasteiger charge is -2.29. The normalized spacial score (nSPS) is 26.5. The molecule has 2 atom stereocenters. The maximum Gasteiger partial charge on any atom is 0.223 e. The van der Waals surface area contributed by atoms with Crippen molar-refractivity contribution in [3.8, 4) is 11.5 Å². The van der Waals surface area contributed by atoms with Crippen molar-refractivity contribution in [2.45, 2.75) is 50.2 Å². The Morgan fingerprint density at radius 2 is 1.91 bits per heavy atom. The lowest BCUT2D eigenvalue weighted by Crippen LogP contribution is -2.48. The Morgan fingerprint density at radius 3 is 2.59 bits per heavy atom. The lowest BCUT2D eigenvalue weighted by atomic mass is 10.00. The zero-order valence-corrected chi connectivity index (χ0v) is 13.0. The van der Waals surface area contributed by atoms with E-state index in [4.69, 9.17) is 9.47 Å². The van der Waals surface area contributed by atoms with Crippen molar-refractivity contribution in [3.63, 3.8) is 0 Å². The van der Waals surface area contributed by atoms with Crippen molar-refractivity contribution >= 4 is 5.91 Å². The average molecular weight is 304 g/mol. The van der Waals surface area contributed by atoms with Gasteiger partial charge in [-0.1, -0.05) is 12.1 Å². The first-order valence-electron chi connectivity index (χ1n) is 8.06. The number of carbonyl (C=O) groups excluding carboxylic acids is 1. The summed E-state index contributed by atoms with van der Waals surface area (Å²) in [5.74, 6) is 1.44. The van der Waals surface area contributed by atoms with Crippen LogP contribution in [0.25, 0.3) is 0 Å². The fourth-order valence-electron chi connectivity index (χ4n) is 3.47. The predicted octanol–water partition coefficient (Wildman–Crippen LogP) is 1.86. The first kappa shape index (κ1) is 15.2. The van der Waals surface area contributed by atoms with Crippen LogP contribution in [0.3, 0.4) is 0 Å². The van der Waals surface area contributed by atoms with E-state index in [1.54, 1.807) is 7.11 Å². The van der Waals surface area contributed by atoms with Gasteiger partial charge in [-0.2, -0.15) is 0 Å². The summed E-state index contributed by atoms with van der Waals surface area (Å²) in [5, 5.41) is 6.73. The number of piperidine rings is 1. The van der Waals surface area contributed by atoms with E-state index >= 15 is 0 Å². The number of hydrogen-bond donors (Lipinski definition) is 2. The highest BCUT2D eigenvalue weighted by atomic mass is 16.5. The Morgan fingerprint density at radius 1 is 1.23 bits per heavy atom. The maximum absolute atomic E-state index is 12.0. The van der Waals surface area contributed by atoms with Gasteiger partial charge in [-0.05, 0) is 37.8 Å². The smallest absolute Gasteiger partial charge is 0.223 e. The molecule has 2 bridgehead atoms. The first-order chi connectivity index (χ1) is 10.7. The van der Waals surface area contributed by atoms with Crippen LogP contribution in [0, 0.1) is 0 Å². The molecule has 22 heavy (non-hydrogen) atoms. The number of methoxy groups -OCH3 is 1. The van der Waals surface area contributed by atoms with Crippen molar-refractivity contribution in [3.05, 3.63) is 24.3 Å². The number of benzene rings is 1. The third kappa shape index (κ3) is 3.71. The van der Waals surface area contributed by atoms with E-state index in [9.17, 15) is 4.79 Å². The predicted molar refractivity (Wildman–Crippen MR) is 84.2 cm³/mol. The van der Waals surface area contributed by atoms with Crippen LogP contribution in [0.1, 0.15) is 32.1 Å². The fraction of sp³-hybridized carbons (Fsp3) is 0.588. The molecule has 2 fully saturated rings. The van der Waals surface area contributed by atoms with Crippen LogP contribution < -0.4 is 20.1 Å². The second kappa shape index (κ2) is 7.01. The summed E-state index contributed by atoms with van der Waals surface area (Å²) in [4.78, 5) is 12.0. The van der Waals surface area contributed by atoms with Crippen LogP contribution in [-0.2, 0) is 4.79 Å². The van der Waals surface area contributed by atoms with E-state index in [2.05, 4.69) is 10.6 Å². The minimum atomic E-state index is 0.0706. The molecule has 5 nitrogen and oxygen atoms in total. The number of hydrogen-bond acceptors (Lipinski definition) is 4. The van der Waals surface area contributed by atoms with E-state index in [-0.39, 0.29) is 5.91 Å². The van der Waals surface area contributed by atoms with Gasteiger partial charge in [-0.25, -0.2) is 0 Å². The van der Waals surface area contributed by atoms with E-state index in [1.165, 1.54) is 12.8 Å². The van der Waals surface area contributed by atoms with Gasteiger partial charge in [0.05, 0.1) is 20.1 Å². The van der Waals surface area contributed by atoms with Crippen molar-refractivity contribution in [2.24, 2.45) is 0 Å². The Hall–Kier alpha value is -1.75. The van der Waals surface area contributed by atoms with Crippen LogP contribution in [0.2, 0.25) is 0 Å². The molecule has 2 aliphatic heterocycles. The van der Waals surface area contributed by atoms with Gasteiger partial charge in [0.15, 0.2) is 11.5 Å². The molecular weight excluding hydrogens is 280 g/mol. The molecule has 2 aliphatic rings. The Balaban J connectivity index is 1.41. The number of carbonyl (C=O) groups is 1. The molecular formula is C17H24N2O3. The second-order valence-electron chi connectivity index (χ2n) is 6.12. The standard InChI is InChI=1S/C17H24N2O3/c1-21-15-4-2-3-5-16(15)22-9-8-17(20)19-14-10-12-6-7-13(11-14)18-12/h2-5,12-14,18H,6-11H2,1H3,(H,19,20). The Kier molecular flexibility index (Phi) is 4.83. The molecule has 0 spiro atoms. The summed E-state index contributed by atoms with van der Waals surface area (Å²) >= 11 is 0. The van der Waals surface area contributed by atoms with Crippen LogP contribution in [-0.4, -0.2) is 37.7 Å². The molecule has 3 rings (SSSR count). The maximum atomic E-state index is 12.0. The number of amides is 1. The van der Waals surface area contributed by atoms with E-state index in [0.717, 1.165) is 12.8 Å². The molecule has 2 unspecified atom stereocenters. The van der Waals surface area contributed by atoms with Gasteiger partial charge < -0.3 is 20.1 Å². The van der Waals surface area contributed by atoms with Gasteiger partial charge in [0.25, 0.3) is 0 Å². The number of ether oxygens (including phenoxy) is 2. The SMILES string of the molecule is COc1ccccc1OCCC(=O)NC1CC2CCC(C1)N2. The summed E-state index contributed by atoms with van der Waals surface area (Å²) in [7, 11) is 1.61. The van der Waals surface area contributed by atoms with Gasteiger partial charge in [-0.3, -0.25) is 4.79 Å². The van der Waals surface area contributed by atoms with Crippen LogP contribution >= 0.6 is 0 Å². The van der Waals surface area contributed by atoms with Crippen LogP contribution in [0.15, 0.2) is 24.3 Å². The molecule has 1 aromatic carbocycles. The van der Waals surface area contributed by atoms with Gasteiger partial charge in [0.2, 0.25) is 5.91 Å². The fourth-order valence-corrected chi connectivity index (χ4v) is 3.47. The van der Waals surface area contributed by atoms with Gasteiger partial charge in [0.1, 0.15) is 0 Å². The average Bonchev–Trinajstić information content (AvgIpc) is 2.86.